The Hall–Kier alpha value is -1.69. The van der Waals surface area contributed by atoms with Crippen molar-refractivity contribution in [3.8, 4) is 0 Å². The lowest BCUT2D eigenvalue weighted by molar-refractivity contribution is 0.160. The molecule has 4 nitrogen and oxygen atoms in total. The molecule has 1 unspecified atom stereocenters. The SMILES string of the molecule is CCC(O)CCNC(=O)NCCc1cc(F)ccc1F. The minimum absolute atomic E-state index is 0.211. The first-order valence-corrected chi connectivity index (χ1v) is 6.66. The van der Waals surface area contributed by atoms with Crippen LogP contribution >= 0.6 is 0 Å². The van der Waals surface area contributed by atoms with Crippen LogP contribution in [0.5, 0.6) is 0 Å². The van der Waals surface area contributed by atoms with Crippen molar-refractivity contribution in [2.24, 2.45) is 0 Å². The molecule has 0 bridgehead atoms. The molecule has 2 amide bonds. The molecule has 0 radical (unpaired) electrons. The molecule has 1 aromatic carbocycles. The zero-order chi connectivity index (χ0) is 15.0. The molecule has 1 rings (SSSR count). The Bertz CT molecular complexity index is 441. The van der Waals surface area contributed by atoms with Gasteiger partial charge in [0.05, 0.1) is 6.10 Å². The van der Waals surface area contributed by atoms with Crippen LogP contribution in [0.25, 0.3) is 0 Å². The minimum atomic E-state index is -0.501. The molecular formula is C14H20F2N2O2. The molecule has 0 aliphatic carbocycles. The highest BCUT2D eigenvalue weighted by molar-refractivity contribution is 5.73. The van der Waals surface area contributed by atoms with E-state index in [2.05, 4.69) is 10.6 Å². The van der Waals surface area contributed by atoms with Crippen molar-refractivity contribution in [2.75, 3.05) is 13.1 Å². The number of benzene rings is 1. The van der Waals surface area contributed by atoms with Crippen LogP contribution in [0.3, 0.4) is 0 Å². The zero-order valence-electron chi connectivity index (χ0n) is 11.5. The van der Waals surface area contributed by atoms with Crippen molar-refractivity contribution < 1.29 is 18.7 Å². The molecule has 0 fully saturated rings. The minimum Gasteiger partial charge on any atom is -0.393 e. The van der Waals surface area contributed by atoms with Gasteiger partial charge in [0.1, 0.15) is 11.6 Å². The fourth-order valence-electron chi connectivity index (χ4n) is 1.66. The van der Waals surface area contributed by atoms with Gasteiger partial charge in [0, 0.05) is 13.1 Å². The number of rotatable bonds is 7. The number of carbonyl (C=O) groups is 1. The lowest BCUT2D eigenvalue weighted by atomic mass is 10.1. The summed E-state index contributed by atoms with van der Waals surface area (Å²) in [6.07, 6.45) is 0.927. The van der Waals surface area contributed by atoms with E-state index >= 15 is 0 Å². The van der Waals surface area contributed by atoms with Gasteiger partial charge in [0.2, 0.25) is 0 Å². The number of amides is 2. The normalized spacial score (nSPS) is 12.0. The van der Waals surface area contributed by atoms with Crippen molar-refractivity contribution in [1.29, 1.82) is 0 Å². The van der Waals surface area contributed by atoms with Crippen molar-refractivity contribution in [1.82, 2.24) is 10.6 Å². The largest absolute Gasteiger partial charge is 0.393 e. The Kier molecular flexibility index (Phi) is 6.93. The predicted molar refractivity (Wildman–Crippen MR) is 72.4 cm³/mol. The maximum absolute atomic E-state index is 13.3. The summed E-state index contributed by atoms with van der Waals surface area (Å²) in [7, 11) is 0. The van der Waals surface area contributed by atoms with Crippen LogP contribution in [0.1, 0.15) is 25.3 Å². The molecule has 0 aliphatic heterocycles. The summed E-state index contributed by atoms with van der Waals surface area (Å²) in [4.78, 5) is 11.4. The molecule has 0 heterocycles. The van der Waals surface area contributed by atoms with Crippen LogP contribution in [-0.2, 0) is 6.42 Å². The zero-order valence-corrected chi connectivity index (χ0v) is 11.5. The van der Waals surface area contributed by atoms with E-state index in [-0.39, 0.29) is 24.6 Å². The molecule has 0 saturated carbocycles. The smallest absolute Gasteiger partial charge is 0.314 e. The molecule has 6 heteroatoms. The third kappa shape index (κ3) is 5.97. The van der Waals surface area contributed by atoms with Gasteiger partial charge in [-0.3, -0.25) is 0 Å². The van der Waals surface area contributed by atoms with Crippen molar-refractivity contribution in [3.05, 3.63) is 35.4 Å². The third-order valence-corrected chi connectivity index (χ3v) is 2.92. The monoisotopic (exact) mass is 286 g/mol. The molecular weight excluding hydrogens is 266 g/mol. The average molecular weight is 286 g/mol. The third-order valence-electron chi connectivity index (χ3n) is 2.92. The van der Waals surface area contributed by atoms with Crippen molar-refractivity contribution in [3.63, 3.8) is 0 Å². The van der Waals surface area contributed by atoms with Gasteiger partial charge in [0.15, 0.2) is 0 Å². The number of halogens is 2. The lowest BCUT2D eigenvalue weighted by Crippen LogP contribution is -2.38. The molecule has 3 N–H and O–H groups in total. The molecule has 0 aromatic heterocycles. The standard InChI is InChI=1S/C14H20F2N2O2/c1-2-12(19)6-8-18-14(20)17-7-5-10-9-11(15)3-4-13(10)16/h3-4,9,12,19H,2,5-8H2,1H3,(H2,17,18,20). The van der Waals surface area contributed by atoms with E-state index in [1.54, 1.807) is 0 Å². The van der Waals surface area contributed by atoms with Crippen LogP contribution in [0.2, 0.25) is 0 Å². The first-order chi connectivity index (χ1) is 9.52. The van der Waals surface area contributed by atoms with Gasteiger partial charge >= 0.3 is 6.03 Å². The summed E-state index contributed by atoms with van der Waals surface area (Å²) in [5.74, 6) is -0.987. The molecule has 0 spiro atoms. The second-order valence-corrected chi connectivity index (χ2v) is 4.52. The van der Waals surface area contributed by atoms with Crippen molar-refractivity contribution in [2.45, 2.75) is 32.3 Å². The topological polar surface area (TPSA) is 61.4 Å². The fourth-order valence-corrected chi connectivity index (χ4v) is 1.66. The van der Waals surface area contributed by atoms with Crippen LogP contribution in [0, 0.1) is 11.6 Å². The number of aliphatic hydroxyl groups is 1. The number of carbonyl (C=O) groups excluding carboxylic acids is 1. The Morgan fingerprint density at radius 3 is 2.70 bits per heavy atom. The van der Waals surface area contributed by atoms with Crippen LogP contribution in [0.15, 0.2) is 18.2 Å². The van der Waals surface area contributed by atoms with Gasteiger partial charge in [-0.25, -0.2) is 13.6 Å². The average Bonchev–Trinajstić information content (AvgIpc) is 2.42. The van der Waals surface area contributed by atoms with E-state index in [1.165, 1.54) is 0 Å². The molecule has 0 saturated heterocycles. The number of urea groups is 1. The van der Waals surface area contributed by atoms with Crippen molar-refractivity contribution >= 4 is 6.03 Å². The van der Waals surface area contributed by atoms with E-state index < -0.39 is 17.7 Å². The summed E-state index contributed by atoms with van der Waals surface area (Å²) in [6.45, 7) is 2.44. The molecule has 20 heavy (non-hydrogen) atoms. The first-order valence-electron chi connectivity index (χ1n) is 6.66. The molecule has 112 valence electrons. The number of aliphatic hydroxyl groups excluding tert-OH is 1. The molecule has 0 aliphatic rings. The van der Waals surface area contributed by atoms with Gasteiger partial charge in [0.25, 0.3) is 0 Å². The Morgan fingerprint density at radius 2 is 2.00 bits per heavy atom. The fraction of sp³-hybridized carbons (Fsp3) is 0.500. The van der Waals surface area contributed by atoms with Gasteiger partial charge in [-0.05, 0) is 43.0 Å². The maximum Gasteiger partial charge on any atom is 0.314 e. The maximum atomic E-state index is 13.3. The lowest BCUT2D eigenvalue weighted by Gasteiger charge is -2.10. The first kappa shape index (κ1) is 16.4. The van der Waals surface area contributed by atoms with Gasteiger partial charge in [-0.1, -0.05) is 6.92 Å². The van der Waals surface area contributed by atoms with Crippen LogP contribution < -0.4 is 10.6 Å². The van der Waals surface area contributed by atoms with Gasteiger partial charge in [-0.15, -0.1) is 0 Å². The van der Waals surface area contributed by atoms with Gasteiger partial charge in [-0.2, -0.15) is 0 Å². The second kappa shape index (κ2) is 8.47. The van der Waals surface area contributed by atoms with Crippen LogP contribution in [0.4, 0.5) is 13.6 Å². The summed E-state index contributed by atoms with van der Waals surface area (Å²) in [6, 6.07) is 2.85. The highest BCUT2D eigenvalue weighted by Crippen LogP contribution is 2.09. The quantitative estimate of drug-likeness (QED) is 0.717. The second-order valence-electron chi connectivity index (χ2n) is 4.52. The van der Waals surface area contributed by atoms with Gasteiger partial charge < -0.3 is 15.7 Å². The van der Waals surface area contributed by atoms with E-state index in [9.17, 15) is 18.7 Å². The number of nitrogens with one attached hydrogen (secondary N) is 2. The summed E-state index contributed by atoms with van der Waals surface area (Å²) in [5.41, 5.74) is 0.228. The predicted octanol–water partition coefficient (Wildman–Crippen LogP) is 1.97. The highest BCUT2D eigenvalue weighted by Gasteiger charge is 2.06. The van der Waals surface area contributed by atoms with E-state index in [4.69, 9.17) is 0 Å². The summed E-state index contributed by atoms with van der Waals surface area (Å²) >= 11 is 0. The van der Waals surface area contributed by atoms with E-state index in [0.717, 1.165) is 18.2 Å². The van der Waals surface area contributed by atoms with Crippen LogP contribution in [-0.4, -0.2) is 30.3 Å². The molecule has 1 aromatic rings. The Balaban J connectivity index is 2.23. The Labute approximate surface area is 117 Å². The highest BCUT2D eigenvalue weighted by atomic mass is 19.1. The summed E-state index contributed by atoms with van der Waals surface area (Å²) < 4.78 is 26.2. The number of hydrogen-bond donors (Lipinski definition) is 3. The molecule has 1 atom stereocenters. The van der Waals surface area contributed by atoms with E-state index in [1.807, 2.05) is 6.92 Å². The number of hydrogen-bond acceptors (Lipinski definition) is 2. The summed E-state index contributed by atoms with van der Waals surface area (Å²) in [5, 5.41) is 14.4. The van der Waals surface area contributed by atoms with E-state index in [0.29, 0.717) is 19.4 Å². The Morgan fingerprint density at radius 1 is 1.30 bits per heavy atom.